The van der Waals surface area contributed by atoms with Gasteiger partial charge < -0.3 is 19.7 Å². The first kappa shape index (κ1) is 22.2. The molecule has 2 aromatic carbocycles. The van der Waals surface area contributed by atoms with Crippen molar-refractivity contribution in [3.8, 4) is 15.5 Å². The van der Waals surface area contributed by atoms with Gasteiger partial charge in [0.25, 0.3) is 5.91 Å². The molecule has 4 rings (SSSR count). The van der Waals surface area contributed by atoms with Crippen LogP contribution in [0.5, 0.6) is 5.06 Å². The maximum atomic E-state index is 13.4. The van der Waals surface area contributed by atoms with Crippen LogP contribution in [0.25, 0.3) is 21.3 Å². The smallest absolute Gasteiger partial charge is 0.449 e. The first-order valence-corrected chi connectivity index (χ1v) is 11.2. The maximum Gasteiger partial charge on any atom is 0.512 e. The van der Waals surface area contributed by atoms with Gasteiger partial charge in [0.1, 0.15) is 0 Å². The van der Waals surface area contributed by atoms with Gasteiger partial charge >= 0.3 is 6.16 Å². The molecule has 1 amide bonds. The Morgan fingerprint density at radius 1 is 1.09 bits per heavy atom. The summed E-state index contributed by atoms with van der Waals surface area (Å²) < 4.78 is 5.07. The Morgan fingerprint density at radius 3 is 2.56 bits per heavy atom. The van der Waals surface area contributed by atoms with Crippen LogP contribution in [-0.4, -0.2) is 28.2 Å². The number of nitrogens with zero attached hydrogens (tertiary/aromatic N) is 1. The summed E-state index contributed by atoms with van der Waals surface area (Å²) in [5.74, 6) is -0.387. The third-order valence-corrected chi connectivity index (χ3v) is 6.45. The van der Waals surface area contributed by atoms with Crippen LogP contribution in [0.15, 0.2) is 54.7 Å². The summed E-state index contributed by atoms with van der Waals surface area (Å²) in [6, 6.07) is 13.9. The monoisotopic (exact) mass is 488 g/mol. The lowest BCUT2D eigenvalue weighted by Gasteiger charge is -2.27. The van der Waals surface area contributed by atoms with Crippen LogP contribution in [0.1, 0.15) is 24.2 Å². The van der Waals surface area contributed by atoms with Crippen LogP contribution in [0, 0.1) is 0 Å². The minimum absolute atomic E-state index is 0.105. The van der Waals surface area contributed by atoms with Crippen molar-refractivity contribution < 1.29 is 19.4 Å². The van der Waals surface area contributed by atoms with Crippen LogP contribution in [0.2, 0.25) is 10.0 Å². The van der Waals surface area contributed by atoms with E-state index < -0.39 is 6.16 Å². The summed E-state index contributed by atoms with van der Waals surface area (Å²) >= 11 is 13.4. The van der Waals surface area contributed by atoms with Gasteiger partial charge in [-0.25, -0.2) is 4.79 Å². The second kappa shape index (κ2) is 8.86. The largest absolute Gasteiger partial charge is 0.512 e. The first-order chi connectivity index (χ1) is 15.2. The number of carbonyl (C=O) groups excluding carboxylic acids is 1. The fourth-order valence-corrected chi connectivity index (χ4v) is 4.93. The van der Waals surface area contributed by atoms with E-state index in [4.69, 9.17) is 27.9 Å². The Morgan fingerprint density at radius 2 is 1.88 bits per heavy atom. The quantitative estimate of drug-likeness (QED) is 0.288. The molecular weight excluding hydrogens is 471 g/mol. The Kier molecular flexibility index (Phi) is 6.15. The van der Waals surface area contributed by atoms with Crippen molar-refractivity contribution >= 4 is 63.2 Å². The van der Waals surface area contributed by atoms with Crippen LogP contribution in [0.3, 0.4) is 0 Å². The zero-order valence-corrected chi connectivity index (χ0v) is 19.4. The molecule has 0 aliphatic rings. The zero-order chi connectivity index (χ0) is 23.0. The van der Waals surface area contributed by atoms with Gasteiger partial charge in [-0.15, -0.1) is 0 Å². The number of nitrogens with one attached hydrogen (secondary N) is 1. The van der Waals surface area contributed by atoms with Gasteiger partial charge in [0.15, 0.2) is 0 Å². The molecule has 0 aliphatic heterocycles. The van der Waals surface area contributed by atoms with Crippen molar-refractivity contribution in [2.24, 2.45) is 0 Å². The maximum absolute atomic E-state index is 13.4. The first-order valence-electron chi connectivity index (χ1n) is 9.65. The molecule has 164 valence electrons. The summed E-state index contributed by atoms with van der Waals surface area (Å²) in [5.41, 5.74) is 2.48. The van der Waals surface area contributed by atoms with Gasteiger partial charge in [0.2, 0.25) is 5.06 Å². The summed E-state index contributed by atoms with van der Waals surface area (Å²) in [6.45, 7) is 3.66. The SMILES string of the molecule is CC(C)N(C(=O)c1ccc(Cl)cc1Cl)c1cc(-c2ccc3[nH]ccc3c2)sc1OC(=O)O. The molecule has 0 aliphatic carbocycles. The number of carboxylic acid groups (broad SMARTS) is 1. The van der Waals surface area contributed by atoms with Crippen molar-refractivity contribution in [3.05, 3.63) is 70.3 Å². The number of benzene rings is 2. The van der Waals surface area contributed by atoms with Gasteiger partial charge in [-0.05, 0) is 67.3 Å². The number of ether oxygens (including phenoxy) is 1. The number of anilines is 1. The number of thiophene rings is 1. The molecule has 2 aromatic heterocycles. The number of aromatic nitrogens is 1. The predicted octanol–water partition coefficient (Wildman–Crippen LogP) is 7.32. The van der Waals surface area contributed by atoms with E-state index in [2.05, 4.69) is 4.98 Å². The molecule has 9 heteroatoms. The fourth-order valence-electron chi connectivity index (χ4n) is 3.45. The van der Waals surface area contributed by atoms with E-state index in [1.54, 1.807) is 18.2 Å². The molecule has 2 N–H and O–H groups in total. The highest BCUT2D eigenvalue weighted by Gasteiger charge is 2.29. The van der Waals surface area contributed by atoms with Crippen LogP contribution in [0.4, 0.5) is 10.5 Å². The highest BCUT2D eigenvalue weighted by molar-refractivity contribution is 7.18. The third-order valence-electron chi connectivity index (χ3n) is 4.85. The molecule has 0 bridgehead atoms. The van der Waals surface area contributed by atoms with Crippen molar-refractivity contribution in [2.45, 2.75) is 19.9 Å². The second-order valence-corrected chi connectivity index (χ2v) is 9.18. The van der Waals surface area contributed by atoms with E-state index >= 15 is 0 Å². The Bertz CT molecular complexity index is 1330. The molecule has 0 fully saturated rings. The number of fused-ring (bicyclic) bond motifs is 1. The Labute approximate surface area is 197 Å². The van der Waals surface area contributed by atoms with Gasteiger partial charge in [0.05, 0.1) is 16.3 Å². The number of H-pyrrole nitrogens is 1. The van der Waals surface area contributed by atoms with Gasteiger partial charge in [-0.2, -0.15) is 0 Å². The number of aromatic amines is 1. The van der Waals surface area contributed by atoms with Crippen LogP contribution in [-0.2, 0) is 0 Å². The Hall–Kier alpha value is -3.00. The number of halogens is 2. The minimum Gasteiger partial charge on any atom is -0.449 e. The molecule has 0 saturated heterocycles. The second-order valence-electron chi connectivity index (χ2n) is 7.32. The van der Waals surface area contributed by atoms with Crippen molar-refractivity contribution in [2.75, 3.05) is 4.90 Å². The molecule has 32 heavy (non-hydrogen) atoms. The summed E-state index contributed by atoms with van der Waals surface area (Å²) in [7, 11) is 0. The van der Waals surface area contributed by atoms with Gasteiger partial charge in [-0.1, -0.05) is 40.6 Å². The summed E-state index contributed by atoms with van der Waals surface area (Å²) in [5, 5.41) is 11.0. The highest BCUT2D eigenvalue weighted by Crippen LogP contribution is 2.44. The minimum atomic E-state index is -1.46. The summed E-state index contributed by atoms with van der Waals surface area (Å²) in [4.78, 5) is 30.2. The molecule has 6 nitrogen and oxygen atoms in total. The molecule has 4 aromatic rings. The normalized spacial score (nSPS) is 11.2. The predicted molar refractivity (Wildman–Crippen MR) is 129 cm³/mol. The van der Waals surface area contributed by atoms with Gasteiger partial charge in [-0.3, -0.25) is 4.79 Å². The lowest BCUT2D eigenvalue weighted by molar-refractivity contribution is 0.0978. The third kappa shape index (κ3) is 4.32. The number of hydrogen-bond donors (Lipinski definition) is 2. The fraction of sp³-hybridized carbons (Fsp3) is 0.130. The molecule has 0 saturated carbocycles. The highest BCUT2D eigenvalue weighted by atomic mass is 35.5. The standard InChI is InChI=1S/C23H18Cl2N2O4S/c1-12(2)27(21(28)16-5-4-15(24)10-17(16)25)19-11-20(32-22(19)31-23(29)30)14-3-6-18-13(9-14)7-8-26-18/h3-12,26H,1-2H3,(H,29,30). The van der Waals surface area contributed by atoms with E-state index in [0.717, 1.165) is 32.7 Å². The van der Waals surface area contributed by atoms with Crippen LogP contribution < -0.4 is 9.64 Å². The number of rotatable bonds is 5. The molecule has 0 atom stereocenters. The molecule has 0 radical (unpaired) electrons. The number of carbonyl (C=O) groups is 2. The van der Waals surface area contributed by atoms with Crippen LogP contribution >= 0.6 is 34.5 Å². The van der Waals surface area contributed by atoms with E-state index in [9.17, 15) is 14.7 Å². The number of amides is 1. The average molecular weight is 489 g/mol. The number of hydrogen-bond acceptors (Lipinski definition) is 4. The summed E-state index contributed by atoms with van der Waals surface area (Å²) in [6.07, 6.45) is 0.392. The van der Waals surface area contributed by atoms with E-state index in [1.165, 1.54) is 11.0 Å². The van der Waals surface area contributed by atoms with E-state index in [-0.39, 0.29) is 27.6 Å². The van der Waals surface area contributed by atoms with E-state index in [1.807, 2.05) is 44.3 Å². The lowest BCUT2D eigenvalue weighted by atomic mass is 10.1. The molecule has 0 spiro atoms. The average Bonchev–Trinajstić information content (AvgIpc) is 3.34. The molecular formula is C23H18Cl2N2O4S. The molecule has 0 unspecified atom stereocenters. The topological polar surface area (TPSA) is 82.6 Å². The van der Waals surface area contributed by atoms with E-state index in [0.29, 0.717) is 10.7 Å². The lowest BCUT2D eigenvalue weighted by Crippen LogP contribution is -2.37. The zero-order valence-electron chi connectivity index (χ0n) is 17.1. The van der Waals surface area contributed by atoms with Crippen molar-refractivity contribution in [3.63, 3.8) is 0 Å². The van der Waals surface area contributed by atoms with Crippen molar-refractivity contribution in [1.82, 2.24) is 4.98 Å². The van der Waals surface area contributed by atoms with Gasteiger partial charge in [0, 0.05) is 27.7 Å². The molecule has 2 heterocycles. The van der Waals surface area contributed by atoms with Crippen molar-refractivity contribution in [1.29, 1.82) is 0 Å². The Balaban J connectivity index is 1.82.